The van der Waals surface area contributed by atoms with Crippen molar-refractivity contribution in [3.8, 4) is 11.5 Å². The SMILES string of the molecule is O=C(c1ccc(Oc2ccc(Cl)cc2[N+](=O)[O-])cc1)N1CCN(CCN2CCCC2)CC1. The van der Waals surface area contributed by atoms with Crippen molar-refractivity contribution < 1.29 is 14.5 Å². The Labute approximate surface area is 192 Å². The molecule has 8 nitrogen and oxygen atoms in total. The number of rotatable bonds is 7. The molecule has 0 unspecified atom stereocenters. The van der Waals surface area contributed by atoms with E-state index in [0.29, 0.717) is 24.4 Å². The van der Waals surface area contributed by atoms with Crippen molar-refractivity contribution in [1.82, 2.24) is 14.7 Å². The molecule has 0 atom stereocenters. The van der Waals surface area contributed by atoms with Crippen molar-refractivity contribution in [3.05, 3.63) is 63.2 Å². The molecule has 32 heavy (non-hydrogen) atoms. The molecule has 0 spiro atoms. The zero-order chi connectivity index (χ0) is 22.5. The molecule has 2 aromatic carbocycles. The molecule has 0 aromatic heterocycles. The van der Waals surface area contributed by atoms with Gasteiger partial charge in [0.15, 0.2) is 0 Å². The Balaban J connectivity index is 1.30. The summed E-state index contributed by atoms with van der Waals surface area (Å²) < 4.78 is 5.65. The highest BCUT2D eigenvalue weighted by Gasteiger charge is 2.23. The first-order valence-electron chi connectivity index (χ1n) is 11.0. The van der Waals surface area contributed by atoms with Crippen LogP contribution in [0.1, 0.15) is 23.2 Å². The maximum atomic E-state index is 12.9. The molecule has 0 saturated carbocycles. The number of carbonyl (C=O) groups excluding carboxylic acids is 1. The summed E-state index contributed by atoms with van der Waals surface area (Å²) in [6, 6.07) is 10.9. The number of nitrogens with zero attached hydrogens (tertiary/aromatic N) is 4. The van der Waals surface area contributed by atoms with E-state index in [2.05, 4.69) is 9.80 Å². The zero-order valence-electron chi connectivity index (χ0n) is 17.9. The molecule has 0 radical (unpaired) electrons. The van der Waals surface area contributed by atoms with Gasteiger partial charge in [-0.05, 0) is 62.3 Å². The molecule has 1 amide bonds. The fourth-order valence-corrected chi connectivity index (χ4v) is 4.32. The zero-order valence-corrected chi connectivity index (χ0v) is 18.7. The lowest BCUT2D eigenvalue weighted by atomic mass is 10.1. The van der Waals surface area contributed by atoms with Crippen molar-refractivity contribution in [2.24, 2.45) is 0 Å². The number of halogens is 1. The van der Waals surface area contributed by atoms with E-state index in [9.17, 15) is 14.9 Å². The highest BCUT2D eigenvalue weighted by atomic mass is 35.5. The number of amides is 1. The van der Waals surface area contributed by atoms with E-state index in [1.54, 1.807) is 24.3 Å². The van der Waals surface area contributed by atoms with Crippen LogP contribution < -0.4 is 4.74 Å². The average molecular weight is 459 g/mol. The predicted octanol–water partition coefficient (Wildman–Crippen LogP) is 3.89. The van der Waals surface area contributed by atoms with Gasteiger partial charge in [-0.3, -0.25) is 19.8 Å². The Bertz CT molecular complexity index is 955. The van der Waals surface area contributed by atoms with E-state index in [1.807, 2.05) is 4.90 Å². The van der Waals surface area contributed by atoms with E-state index in [4.69, 9.17) is 16.3 Å². The normalized spacial score (nSPS) is 17.5. The van der Waals surface area contributed by atoms with Gasteiger partial charge in [0.1, 0.15) is 5.75 Å². The van der Waals surface area contributed by atoms with Crippen LogP contribution in [0.5, 0.6) is 11.5 Å². The van der Waals surface area contributed by atoms with Crippen molar-refractivity contribution in [2.45, 2.75) is 12.8 Å². The molecule has 0 bridgehead atoms. The van der Waals surface area contributed by atoms with Gasteiger partial charge >= 0.3 is 5.69 Å². The maximum absolute atomic E-state index is 12.9. The molecule has 2 heterocycles. The van der Waals surface area contributed by atoms with Gasteiger partial charge in [0.05, 0.1) is 4.92 Å². The summed E-state index contributed by atoms with van der Waals surface area (Å²) in [6.07, 6.45) is 2.62. The summed E-state index contributed by atoms with van der Waals surface area (Å²) in [7, 11) is 0. The number of likely N-dealkylation sites (tertiary alicyclic amines) is 1. The highest BCUT2D eigenvalue weighted by molar-refractivity contribution is 6.30. The topological polar surface area (TPSA) is 79.2 Å². The third-order valence-corrected chi connectivity index (χ3v) is 6.27. The van der Waals surface area contributed by atoms with Crippen LogP contribution in [0.3, 0.4) is 0 Å². The molecule has 9 heteroatoms. The van der Waals surface area contributed by atoms with Gasteiger partial charge < -0.3 is 14.5 Å². The molecule has 2 aliphatic heterocycles. The Morgan fingerprint density at radius 1 is 0.938 bits per heavy atom. The van der Waals surface area contributed by atoms with E-state index in [1.165, 1.54) is 44.1 Å². The van der Waals surface area contributed by atoms with Crippen LogP contribution in [-0.4, -0.2) is 77.9 Å². The number of piperazine rings is 1. The fourth-order valence-electron chi connectivity index (χ4n) is 4.16. The summed E-state index contributed by atoms with van der Waals surface area (Å²) in [5, 5.41) is 11.5. The lowest BCUT2D eigenvalue weighted by molar-refractivity contribution is -0.385. The highest BCUT2D eigenvalue weighted by Crippen LogP contribution is 2.33. The van der Waals surface area contributed by atoms with E-state index in [0.717, 1.165) is 26.2 Å². The first-order chi connectivity index (χ1) is 15.5. The first kappa shape index (κ1) is 22.5. The maximum Gasteiger partial charge on any atom is 0.313 e. The number of hydrogen-bond acceptors (Lipinski definition) is 6. The third-order valence-electron chi connectivity index (χ3n) is 6.04. The largest absolute Gasteiger partial charge is 0.450 e. The number of carbonyl (C=O) groups is 1. The molecule has 2 aliphatic rings. The van der Waals surface area contributed by atoms with Gasteiger partial charge in [0.2, 0.25) is 5.75 Å². The minimum atomic E-state index is -0.538. The van der Waals surface area contributed by atoms with Crippen molar-refractivity contribution in [3.63, 3.8) is 0 Å². The molecular weight excluding hydrogens is 432 g/mol. The van der Waals surface area contributed by atoms with Crippen LogP contribution in [0.15, 0.2) is 42.5 Å². The first-order valence-corrected chi connectivity index (χ1v) is 11.3. The van der Waals surface area contributed by atoms with Gasteiger partial charge in [-0.1, -0.05) is 11.6 Å². The van der Waals surface area contributed by atoms with Gasteiger partial charge in [-0.15, -0.1) is 0 Å². The molecule has 4 rings (SSSR count). The Morgan fingerprint density at radius 2 is 1.56 bits per heavy atom. The summed E-state index contributed by atoms with van der Waals surface area (Å²) in [6.45, 7) is 7.81. The second kappa shape index (κ2) is 10.3. The summed E-state index contributed by atoms with van der Waals surface area (Å²) in [5.41, 5.74) is 0.369. The van der Waals surface area contributed by atoms with E-state index < -0.39 is 4.92 Å². The molecule has 2 fully saturated rings. The summed E-state index contributed by atoms with van der Waals surface area (Å²) in [4.78, 5) is 30.4. The number of hydrogen-bond donors (Lipinski definition) is 0. The van der Waals surface area contributed by atoms with Gasteiger partial charge in [-0.25, -0.2) is 0 Å². The molecule has 0 N–H and O–H groups in total. The number of benzene rings is 2. The van der Waals surface area contributed by atoms with Crippen LogP contribution >= 0.6 is 11.6 Å². The standard InChI is InChI=1S/C23H27ClN4O4/c24-19-5-8-22(21(17-19)28(30)31)32-20-6-3-18(4-7-20)23(29)27-15-13-26(14-16-27)12-11-25-9-1-2-10-25/h3-8,17H,1-2,9-16H2. The van der Waals surface area contributed by atoms with Crippen LogP contribution in [0.2, 0.25) is 5.02 Å². The number of ether oxygens (including phenoxy) is 1. The van der Waals surface area contributed by atoms with Crippen molar-refractivity contribution in [2.75, 3.05) is 52.4 Å². The third kappa shape index (κ3) is 5.56. The summed E-state index contributed by atoms with van der Waals surface area (Å²) >= 11 is 5.84. The van der Waals surface area contributed by atoms with Crippen molar-refractivity contribution in [1.29, 1.82) is 0 Å². The van der Waals surface area contributed by atoms with Crippen LogP contribution in [-0.2, 0) is 0 Å². The number of nitro groups is 1. The molecule has 170 valence electrons. The predicted molar refractivity (Wildman–Crippen MR) is 123 cm³/mol. The number of nitro benzene ring substituents is 1. The van der Waals surface area contributed by atoms with E-state index in [-0.39, 0.29) is 22.4 Å². The van der Waals surface area contributed by atoms with Crippen molar-refractivity contribution >= 4 is 23.2 Å². The Kier molecular flexibility index (Phi) is 7.24. The molecule has 0 aliphatic carbocycles. The minimum Gasteiger partial charge on any atom is -0.450 e. The Hall–Kier alpha value is -2.68. The Morgan fingerprint density at radius 3 is 2.19 bits per heavy atom. The fraction of sp³-hybridized carbons (Fsp3) is 0.435. The molecule has 2 aromatic rings. The average Bonchev–Trinajstić information content (AvgIpc) is 3.33. The lowest BCUT2D eigenvalue weighted by Crippen LogP contribution is -2.50. The van der Waals surface area contributed by atoms with Gasteiger partial charge in [-0.2, -0.15) is 0 Å². The molecular formula is C23H27ClN4O4. The molecule has 2 saturated heterocycles. The smallest absolute Gasteiger partial charge is 0.313 e. The monoisotopic (exact) mass is 458 g/mol. The second-order valence-corrected chi connectivity index (χ2v) is 8.61. The second-order valence-electron chi connectivity index (χ2n) is 8.18. The van der Waals surface area contributed by atoms with Crippen LogP contribution in [0, 0.1) is 10.1 Å². The minimum absolute atomic E-state index is 0.00628. The van der Waals surface area contributed by atoms with Crippen LogP contribution in [0.4, 0.5) is 5.69 Å². The van der Waals surface area contributed by atoms with Gasteiger partial charge in [0.25, 0.3) is 5.91 Å². The van der Waals surface area contributed by atoms with E-state index >= 15 is 0 Å². The van der Waals surface area contributed by atoms with Gasteiger partial charge in [0, 0.05) is 55.9 Å². The van der Waals surface area contributed by atoms with Crippen LogP contribution in [0.25, 0.3) is 0 Å². The lowest BCUT2D eigenvalue weighted by Gasteiger charge is -2.35. The summed E-state index contributed by atoms with van der Waals surface area (Å²) in [5.74, 6) is 0.510. The quantitative estimate of drug-likeness (QED) is 0.462.